The van der Waals surface area contributed by atoms with E-state index in [1.165, 1.54) is 37.4 Å². The Balaban J connectivity index is 2.12. The fourth-order valence-corrected chi connectivity index (χ4v) is 1.96. The van der Waals surface area contributed by atoms with Crippen LogP contribution in [0.5, 0.6) is 17.2 Å². The summed E-state index contributed by atoms with van der Waals surface area (Å²) >= 11 is 0. The standard InChI is InChI=1S/C16H16O5/c1-21-13-7-4-11(14(18)9-13)8-15(19)16(20)10-2-5-12(17)6-3-10/h2-7,9,15,17-19H,8H2,1H3. The molecule has 0 aliphatic rings. The molecule has 110 valence electrons. The second-order valence-electron chi connectivity index (χ2n) is 4.63. The summed E-state index contributed by atoms with van der Waals surface area (Å²) in [5.74, 6) is 0.0431. The molecule has 0 radical (unpaired) electrons. The molecular formula is C16H16O5. The summed E-state index contributed by atoms with van der Waals surface area (Å²) in [7, 11) is 1.48. The Kier molecular flexibility index (Phi) is 4.45. The first kappa shape index (κ1) is 14.9. The number of phenols is 2. The zero-order valence-electron chi connectivity index (χ0n) is 11.5. The topological polar surface area (TPSA) is 87.0 Å². The zero-order chi connectivity index (χ0) is 15.4. The van der Waals surface area contributed by atoms with Crippen LogP contribution in [0.4, 0.5) is 0 Å². The summed E-state index contributed by atoms with van der Waals surface area (Å²) in [4.78, 5) is 12.1. The Morgan fingerprint density at radius 1 is 1.14 bits per heavy atom. The Morgan fingerprint density at radius 2 is 1.81 bits per heavy atom. The number of ether oxygens (including phenoxy) is 1. The molecule has 0 saturated heterocycles. The van der Waals surface area contributed by atoms with Crippen LogP contribution >= 0.6 is 0 Å². The minimum Gasteiger partial charge on any atom is -0.508 e. The molecule has 5 heteroatoms. The number of aliphatic hydroxyl groups is 1. The highest BCUT2D eigenvalue weighted by molar-refractivity contribution is 5.99. The number of aliphatic hydroxyl groups excluding tert-OH is 1. The summed E-state index contributed by atoms with van der Waals surface area (Å²) in [6.07, 6.45) is -1.27. The minimum absolute atomic E-state index is 0.00443. The highest BCUT2D eigenvalue weighted by Crippen LogP contribution is 2.25. The van der Waals surface area contributed by atoms with Gasteiger partial charge in [-0.3, -0.25) is 4.79 Å². The highest BCUT2D eigenvalue weighted by Gasteiger charge is 2.19. The van der Waals surface area contributed by atoms with Crippen LogP contribution in [0.2, 0.25) is 0 Å². The molecule has 0 bridgehead atoms. The second kappa shape index (κ2) is 6.28. The molecule has 0 amide bonds. The SMILES string of the molecule is COc1ccc(CC(O)C(=O)c2ccc(O)cc2)c(O)c1. The predicted octanol–water partition coefficient (Wildman–Crippen LogP) is 1.89. The van der Waals surface area contributed by atoms with E-state index in [9.17, 15) is 20.1 Å². The van der Waals surface area contributed by atoms with E-state index < -0.39 is 11.9 Å². The third-order valence-corrected chi connectivity index (χ3v) is 3.16. The molecule has 0 fully saturated rings. The number of carbonyl (C=O) groups is 1. The van der Waals surface area contributed by atoms with Crippen LogP contribution in [-0.4, -0.2) is 34.3 Å². The van der Waals surface area contributed by atoms with Crippen molar-refractivity contribution in [3.8, 4) is 17.2 Å². The fraction of sp³-hybridized carbons (Fsp3) is 0.188. The molecule has 2 aromatic rings. The maximum Gasteiger partial charge on any atom is 0.191 e. The first-order chi connectivity index (χ1) is 10.0. The van der Waals surface area contributed by atoms with Crippen molar-refractivity contribution in [1.82, 2.24) is 0 Å². The summed E-state index contributed by atoms with van der Waals surface area (Å²) in [5.41, 5.74) is 0.753. The van der Waals surface area contributed by atoms with Gasteiger partial charge in [-0.05, 0) is 35.9 Å². The predicted molar refractivity (Wildman–Crippen MR) is 76.8 cm³/mol. The van der Waals surface area contributed by atoms with E-state index >= 15 is 0 Å². The van der Waals surface area contributed by atoms with Crippen molar-refractivity contribution in [2.45, 2.75) is 12.5 Å². The largest absolute Gasteiger partial charge is 0.508 e. The van der Waals surface area contributed by atoms with Crippen LogP contribution in [0, 0.1) is 0 Å². The quantitative estimate of drug-likeness (QED) is 0.731. The van der Waals surface area contributed by atoms with Crippen LogP contribution in [0.3, 0.4) is 0 Å². The summed E-state index contributed by atoms with van der Waals surface area (Å²) in [6.45, 7) is 0. The van der Waals surface area contributed by atoms with Gasteiger partial charge < -0.3 is 20.1 Å². The van der Waals surface area contributed by atoms with Gasteiger partial charge in [0.05, 0.1) is 7.11 Å². The van der Waals surface area contributed by atoms with Crippen LogP contribution in [0.1, 0.15) is 15.9 Å². The second-order valence-corrected chi connectivity index (χ2v) is 4.63. The fourth-order valence-electron chi connectivity index (χ4n) is 1.96. The van der Waals surface area contributed by atoms with E-state index in [0.717, 1.165) is 0 Å². The molecular weight excluding hydrogens is 272 g/mol. The lowest BCUT2D eigenvalue weighted by Crippen LogP contribution is -2.23. The van der Waals surface area contributed by atoms with E-state index in [1.54, 1.807) is 12.1 Å². The molecule has 0 saturated carbocycles. The molecule has 5 nitrogen and oxygen atoms in total. The third-order valence-electron chi connectivity index (χ3n) is 3.16. The molecule has 1 atom stereocenters. The Hall–Kier alpha value is -2.53. The Labute approximate surface area is 122 Å². The van der Waals surface area contributed by atoms with Gasteiger partial charge in [-0.25, -0.2) is 0 Å². The van der Waals surface area contributed by atoms with Gasteiger partial charge in [0, 0.05) is 18.1 Å². The van der Waals surface area contributed by atoms with Gasteiger partial charge in [0.1, 0.15) is 23.4 Å². The lowest BCUT2D eigenvalue weighted by molar-refractivity contribution is 0.0747. The molecule has 0 aromatic heterocycles. The van der Waals surface area contributed by atoms with Gasteiger partial charge in [0.25, 0.3) is 0 Å². The average Bonchev–Trinajstić information content (AvgIpc) is 2.49. The number of rotatable bonds is 5. The van der Waals surface area contributed by atoms with Gasteiger partial charge >= 0.3 is 0 Å². The lowest BCUT2D eigenvalue weighted by Gasteiger charge is -2.12. The van der Waals surface area contributed by atoms with Gasteiger partial charge in [0.15, 0.2) is 5.78 Å². The molecule has 0 aliphatic carbocycles. The molecule has 2 rings (SSSR count). The van der Waals surface area contributed by atoms with Crippen molar-refractivity contribution in [2.24, 2.45) is 0 Å². The number of Topliss-reactive ketones (excluding diaryl/α,β-unsaturated/α-hetero) is 1. The van der Waals surface area contributed by atoms with Crippen LogP contribution in [0.15, 0.2) is 42.5 Å². The van der Waals surface area contributed by atoms with E-state index in [-0.39, 0.29) is 17.9 Å². The van der Waals surface area contributed by atoms with Crippen LogP contribution in [-0.2, 0) is 6.42 Å². The number of benzene rings is 2. The highest BCUT2D eigenvalue weighted by atomic mass is 16.5. The van der Waals surface area contributed by atoms with E-state index in [1.807, 2.05) is 0 Å². The number of hydrogen-bond donors (Lipinski definition) is 3. The van der Waals surface area contributed by atoms with Crippen LogP contribution < -0.4 is 4.74 Å². The molecule has 0 heterocycles. The molecule has 0 spiro atoms. The monoisotopic (exact) mass is 288 g/mol. The first-order valence-electron chi connectivity index (χ1n) is 6.38. The maximum absolute atomic E-state index is 12.1. The average molecular weight is 288 g/mol. The Bertz CT molecular complexity index is 634. The molecule has 3 N–H and O–H groups in total. The van der Waals surface area contributed by atoms with E-state index in [4.69, 9.17) is 4.74 Å². The minimum atomic E-state index is -1.27. The molecule has 0 aliphatic heterocycles. The van der Waals surface area contributed by atoms with Crippen molar-refractivity contribution in [1.29, 1.82) is 0 Å². The number of carbonyl (C=O) groups excluding carboxylic acids is 1. The number of ketones is 1. The number of aromatic hydroxyl groups is 2. The van der Waals surface area contributed by atoms with E-state index in [2.05, 4.69) is 0 Å². The third kappa shape index (κ3) is 3.52. The van der Waals surface area contributed by atoms with Crippen molar-refractivity contribution in [3.63, 3.8) is 0 Å². The number of hydrogen-bond acceptors (Lipinski definition) is 5. The summed E-state index contributed by atoms with van der Waals surface area (Å²) in [5, 5.41) is 29.0. The lowest BCUT2D eigenvalue weighted by atomic mass is 9.99. The van der Waals surface area contributed by atoms with Gasteiger partial charge in [0.2, 0.25) is 0 Å². The van der Waals surface area contributed by atoms with Crippen molar-refractivity contribution in [3.05, 3.63) is 53.6 Å². The van der Waals surface area contributed by atoms with Gasteiger partial charge in [-0.2, -0.15) is 0 Å². The van der Waals surface area contributed by atoms with Crippen molar-refractivity contribution >= 4 is 5.78 Å². The van der Waals surface area contributed by atoms with Gasteiger partial charge in [-0.1, -0.05) is 6.07 Å². The van der Waals surface area contributed by atoms with E-state index in [0.29, 0.717) is 16.9 Å². The summed E-state index contributed by atoms with van der Waals surface area (Å²) in [6, 6.07) is 10.3. The van der Waals surface area contributed by atoms with Gasteiger partial charge in [-0.15, -0.1) is 0 Å². The zero-order valence-corrected chi connectivity index (χ0v) is 11.5. The maximum atomic E-state index is 12.1. The first-order valence-corrected chi connectivity index (χ1v) is 6.38. The Morgan fingerprint density at radius 3 is 2.38 bits per heavy atom. The number of methoxy groups -OCH3 is 1. The number of phenolic OH excluding ortho intramolecular Hbond substituents is 2. The van der Waals surface area contributed by atoms with Crippen molar-refractivity contribution < 1.29 is 24.9 Å². The molecule has 2 aromatic carbocycles. The molecule has 21 heavy (non-hydrogen) atoms. The van der Waals surface area contributed by atoms with Crippen LogP contribution in [0.25, 0.3) is 0 Å². The summed E-state index contributed by atoms with van der Waals surface area (Å²) < 4.78 is 4.97. The smallest absolute Gasteiger partial charge is 0.191 e. The van der Waals surface area contributed by atoms with Crippen molar-refractivity contribution in [2.75, 3.05) is 7.11 Å². The molecule has 1 unspecified atom stereocenters. The normalized spacial score (nSPS) is 11.9.